The highest BCUT2D eigenvalue weighted by Crippen LogP contribution is 2.37. The van der Waals surface area contributed by atoms with Crippen molar-refractivity contribution in [2.24, 2.45) is 0 Å². The van der Waals surface area contributed by atoms with E-state index in [1.165, 1.54) is 0 Å². The van der Waals surface area contributed by atoms with Crippen LogP contribution in [0.1, 0.15) is 6.42 Å². The summed E-state index contributed by atoms with van der Waals surface area (Å²) in [5.41, 5.74) is 0.705. The molecule has 1 atom stereocenters. The molecule has 0 bridgehead atoms. The summed E-state index contributed by atoms with van der Waals surface area (Å²) in [5.74, 6) is -0.188. The molecule has 0 spiro atoms. The fourth-order valence-electron chi connectivity index (χ4n) is 2.13. The first-order valence-electron chi connectivity index (χ1n) is 5.84. The number of likely N-dealkylation sites (tertiary alicyclic amines) is 1. The molecular formula is C12H14Cl2F2N2O. The maximum atomic E-state index is 12.2. The van der Waals surface area contributed by atoms with Crippen LogP contribution in [0, 0.1) is 0 Å². The predicted octanol–water partition coefficient (Wildman–Crippen LogP) is 3.71. The van der Waals surface area contributed by atoms with E-state index in [2.05, 4.69) is 15.0 Å². The molecule has 0 saturated carbocycles. The standard InChI is InChI=1S/C12H14Cl2F2N2O/c1-18-3-2-7(6-18)17-8-4-9(13)11(10(14)5-8)19-12(15)16/h4-5,7,12,17H,2-3,6H2,1H3. The number of hydrogen-bond acceptors (Lipinski definition) is 3. The number of halogens is 4. The van der Waals surface area contributed by atoms with Gasteiger partial charge in [-0.15, -0.1) is 0 Å². The van der Waals surface area contributed by atoms with Gasteiger partial charge in [0.25, 0.3) is 0 Å². The third-order valence-corrected chi connectivity index (χ3v) is 3.53. The molecule has 19 heavy (non-hydrogen) atoms. The molecule has 0 aliphatic carbocycles. The Labute approximate surface area is 120 Å². The summed E-state index contributed by atoms with van der Waals surface area (Å²) in [4.78, 5) is 2.20. The van der Waals surface area contributed by atoms with Crippen LogP contribution >= 0.6 is 23.2 Å². The Balaban J connectivity index is 2.11. The first kappa shape index (κ1) is 14.6. The highest BCUT2D eigenvalue weighted by atomic mass is 35.5. The lowest BCUT2D eigenvalue weighted by Gasteiger charge is -2.16. The minimum atomic E-state index is -2.95. The molecule has 1 saturated heterocycles. The lowest BCUT2D eigenvalue weighted by Crippen LogP contribution is -2.23. The molecule has 1 unspecified atom stereocenters. The molecule has 7 heteroatoms. The van der Waals surface area contributed by atoms with E-state index in [1.54, 1.807) is 12.1 Å². The van der Waals surface area contributed by atoms with Crippen LogP contribution in [-0.4, -0.2) is 37.7 Å². The second kappa shape index (κ2) is 6.11. The molecule has 1 aromatic rings. The first-order valence-corrected chi connectivity index (χ1v) is 6.60. The third-order valence-electron chi connectivity index (χ3n) is 2.97. The van der Waals surface area contributed by atoms with Crippen molar-refractivity contribution in [2.75, 3.05) is 25.5 Å². The van der Waals surface area contributed by atoms with Crippen LogP contribution in [0.15, 0.2) is 12.1 Å². The lowest BCUT2D eigenvalue weighted by molar-refractivity contribution is -0.0497. The minimum Gasteiger partial charge on any atom is -0.432 e. The quantitative estimate of drug-likeness (QED) is 0.917. The largest absolute Gasteiger partial charge is 0.432 e. The van der Waals surface area contributed by atoms with Crippen molar-refractivity contribution in [3.8, 4) is 5.75 Å². The summed E-state index contributed by atoms with van der Waals surface area (Å²) in [7, 11) is 2.04. The fourth-order valence-corrected chi connectivity index (χ4v) is 2.71. The van der Waals surface area contributed by atoms with Crippen molar-refractivity contribution in [3.63, 3.8) is 0 Å². The van der Waals surface area contributed by atoms with Crippen LogP contribution in [0.4, 0.5) is 14.5 Å². The van der Waals surface area contributed by atoms with Crippen molar-refractivity contribution in [3.05, 3.63) is 22.2 Å². The van der Waals surface area contributed by atoms with Crippen molar-refractivity contribution in [1.29, 1.82) is 0 Å². The number of nitrogens with one attached hydrogen (secondary N) is 1. The van der Waals surface area contributed by atoms with Crippen LogP contribution in [-0.2, 0) is 0 Å². The van der Waals surface area contributed by atoms with Gasteiger partial charge >= 0.3 is 6.61 Å². The summed E-state index contributed by atoms with van der Waals surface area (Å²) in [6, 6.07) is 3.39. The summed E-state index contributed by atoms with van der Waals surface area (Å²) in [5, 5.41) is 3.42. The van der Waals surface area contributed by atoms with E-state index in [1.807, 2.05) is 7.05 Å². The second-order valence-corrected chi connectivity index (χ2v) is 5.35. The Hall–Kier alpha value is -0.780. The summed E-state index contributed by atoms with van der Waals surface area (Å²) >= 11 is 11.8. The average molecular weight is 311 g/mol. The maximum Gasteiger partial charge on any atom is 0.387 e. The molecule has 2 rings (SSSR count). The van der Waals surface area contributed by atoms with Gasteiger partial charge in [-0.25, -0.2) is 0 Å². The van der Waals surface area contributed by atoms with Crippen molar-refractivity contribution >= 4 is 28.9 Å². The predicted molar refractivity (Wildman–Crippen MR) is 72.6 cm³/mol. The van der Waals surface area contributed by atoms with Crippen LogP contribution in [0.5, 0.6) is 5.75 Å². The van der Waals surface area contributed by atoms with Crippen molar-refractivity contribution < 1.29 is 13.5 Å². The molecule has 1 N–H and O–H groups in total. The Kier molecular flexibility index (Phi) is 4.71. The van der Waals surface area contributed by atoms with Gasteiger partial charge in [0.1, 0.15) is 0 Å². The zero-order valence-electron chi connectivity index (χ0n) is 10.3. The number of alkyl halides is 2. The van der Waals surface area contributed by atoms with E-state index >= 15 is 0 Å². The number of anilines is 1. The normalized spacial score (nSPS) is 20.0. The van der Waals surface area contributed by atoms with E-state index in [-0.39, 0.29) is 15.8 Å². The van der Waals surface area contributed by atoms with Gasteiger partial charge in [0.05, 0.1) is 10.0 Å². The molecule has 1 fully saturated rings. The maximum absolute atomic E-state index is 12.2. The van der Waals surface area contributed by atoms with E-state index in [0.717, 1.165) is 19.5 Å². The molecule has 1 aliphatic heterocycles. The summed E-state index contributed by atoms with van der Waals surface area (Å²) in [6.07, 6.45) is 1.01. The second-order valence-electron chi connectivity index (χ2n) is 4.54. The Morgan fingerprint density at radius 3 is 2.47 bits per heavy atom. The summed E-state index contributed by atoms with van der Waals surface area (Å²) < 4.78 is 28.7. The third kappa shape index (κ3) is 3.84. The molecular weight excluding hydrogens is 297 g/mol. The SMILES string of the molecule is CN1CCC(Nc2cc(Cl)c(OC(F)F)c(Cl)c2)C1. The zero-order valence-corrected chi connectivity index (χ0v) is 11.8. The highest BCUT2D eigenvalue weighted by molar-refractivity contribution is 6.37. The van der Waals surface area contributed by atoms with E-state index in [9.17, 15) is 8.78 Å². The fraction of sp³-hybridized carbons (Fsp3) is 0.500. The van der Waals surface area contributed by atoms with Gasteiger partial charge in [-0.2, -0.15) is 8.78 Å². The Bertz CT molecular complexity index is 436. The number of benzene rings is 1. The van der Waals surface area contributed by atoms with E-state index in [0.29, 0.717) is 11.7 Å². The molecule has 1 heterocycles. The van der Waals surface area contributed by atoms with E-state index < -0.39 is 6.61 Å². The van der Waals surface area contributed by atoms with Gasteiger partial charge < -0.3 is 15.0 Å². The highest BCUT2D eigenvalue weighted by Gasteiger charge is 2.20. The molecule has 1 aromatic carbocycles. The molecule has 106 valence electrons. The Morgan fingerprint density at radius 2 is 2.00 bits per heavy atom. The van der Waals surface area contributed by atoms with Gasteiger partial charge in [0, 0.05) is 18.3 Å². The molecule has 0 aromatic heterocycles. The van der Waals surface area contributed by atoms with Crippen molar-refractivity contribution in [2.45, 2.75) is 19.1 Å². The number of likely N-dealkylation sites (N-methyl/N-ethyl adjacent to an activating group) is 1. The molecule has 0 amide bonds. The zero-order chi connectivity index (χ0) is 14.0. The summed E-state index contributed by atoms with van der Waals surface area (Å²) in [6.45, 7) is -1.01. The lowest BCUT2D eigenvalue weighted by atomic mass is 10.2. The smallest absolute Gasteiger partial charge is 0.387 e. The molecule has 0 radical (unpaired) electrons. The molecule has 1 aliphatic rings. The number of hydrogen-bond donors (Lipinski definition) is 1. The van der Waals surface area contributed by atoms with Crippen LogP contribution in [0.2, 0.25) is 10.0 Å². The number of nitrogens with zero attached hydrogens (tertiary/aromatic N) is 1. The van der Waals surface area contributed by atoms with E-state index in [4.69, 9.17) is 23.2 Å². The van der Waals surface area contributed by atoms with Gasteiger partial charge in [0.15, 0.2) is 5.75 Å². The van der Waals surface area contributed by atoms with Gasteiger partial charge in [-0.1, -0.05) is 23.2 Å². The van der Waals surface area contributed by atoms with Gasteiger partial charge in [-0.05, 0) is 32.1 Å². The Morgan fingerprint density at radius 1 is 1.37 bits per heavy atom. The minimum absolute atomic E-state index is 0.0710. The monoisotopic (exact) mass is 310 g/mol. The average Bonchev–Trinajstić information content (AvgIpc) is 2.69. The van der Waals surface area contributed by atoms with Gasteiger partial charge in [-0.3, -0.25) is 0 Å². The number of ether oxygens (including phenoxy) is 1. The molecule has 3 nitrogen and oxygen atoms in total. The number of rotatable bonds is 4. The topological polar surface area (TPSA) is 24.5 Å². The van der Waals surface area contributed by atoms with Crippen molar-refractivity contribution in [1.82, 2.24) is 4.90 Å². The van der Waals surface area contributed by atoms with Crippen LogP contribution in [0.25, 0.3) is 0 Å². The first-order chi connectivity index (χ1) is 8.95. The van der Waals surface area contributed by atoms with Crippen LogP contribution < -0.4 is 10.1 Å². The van der Waals surface area contributed by atoms with Crippen LogP contribution in [0.3, 0.4) is 0 Å². The van der Waals surface area contributed by atoms with Gasteiger partial charge in [0.2, 0.25) is 0 Å².